The topological polar surface area (TPSA) is 61.9 Å². The van der Waals surface area contributed by atoms with Crippen molar-refractivity contribution in [2.45, 2.75) is 24.9 Å². The van der Waals surface area contributed by atoms with Gasteiger partial charge < -0.3 is 19.9 Å². The van der Waals surface area contributed by atoms with E-state index in [9.17, 15) is 9.59 Å². The molecule has 1 N–H and O–H groups in total. The summed E-state index contributed by atoms with van der Waals surface area (Å²) < 4.78 is 6.02. The molecular weight excluding hydrogens is 354 g/mol. The van der Waals surface area contributed by atoms with Crippen LogP contribution in [0.3, 0.4) is 0 Å². The van der Waals surface area contributed by atoms with Crippen molar-refractivity contribution in [3.63, 3.8) is 0 Å². The Bertz CT molecular complexity index is 896. The molecule has 2 amide bonds. The van der Waals surface area contributed by atoms with Crippen LogP contribution in [0.25, 0.3) is 0 Å². The van der Waals surface area contributed by atoms with Gasteiger partial charge in [0, 0.05) is 30.8 Å². The number of anilines is 1. The number of benzene rings is 2. The molecule has 2 unspecified atom stereocenters. The molecule has 2 aliphatic rings. The summed E-state index contributed by atoms with van der Waals surface area (Å²) in [6, 6.07) is 15.3. The molecule has 0 aliphatic carbocycles. The SMILES string of the molecule is CN(C)CC1COc2ccccc2CN1C(=O)C1CC(=O)Nc2ccccc21. The Kier molecular flexibility index (Phi) is 5.05. The maximum atomic E-state index is 13.7. The zero-order chi connectivity index (χ0) is 19.7. The Hall–Kier alpha value is -2.86. The van der Waals surface area contributed by atoms with Gasteiger partial charge in [0.1, 0.15) is 12.4 Å². The summed E-state index contributed by atoms with van der Waals surface area (Å²) in [5, 5.41) is 2.88. The molecule has 2 aromatic carbocycles. The van der Waals surface area contributed by atoms with Gasteiger partial charge in [-0.25, -0.2) is 0 Å². The number of hydrogen-bond donors (Lipinski definition) is 1. The largest absolute Gasteiger partial charge is 0.491 e. The number of hydrogen-bond acceptors (Lipinski definition) is 4. The summed E-state index contributed by atoms with van der Waals surface area (Å²) >= 11 is 0. The fourth-order valence-corrected chi connectivity index (χ4v) is 4.03. The van der Waals surface area contributed by atoms with Crippen LogP contribution in [0.5, 0.6) is 5.75 Å². The van der Waals surface area contributed by atoms with Gasteiger partial charge in [-0.3, -0.25) is 9.59 Å². The second-order valence-corrected chi connectivity index (χ2v) is 7.69. The average Bonchev–Trinajstić information content (AvgIpc) is 2.86. The van der Waals surface area contributed by atoms with E-state index in [1.807, 2.05) is 67.5 Å². The molecule has 0 saturated heterocycles. The Morgan fingerprint density at radius 3 is 2.75 bits per heavy atom. The van der Waals surface area contributed by atoms with E-state index in [1.54, 1.807) is 0 Å². The molecule has 28 heavy (non-hydrogen) atoms. The number of carbonyl (C=O) groups excluding carboxylic acids is 2. The molecule has 0 radical (unpaired) electrons. The summed E-state index contributed by atoms with van der Waals surface area (Å²) in [4.78, 5) is 29.9. The highest BCUT2D eigenvalue weighted by atomic mass is 16.5. The molecular formula is C22H25N3O3. The molecule has 0 spiro atoms. The molecule has 2 aliphatic heterocycles. The first kappa shape index (κ1) is 18.5. The number of rotatable bonds is 3. The van der Waals surface area contributed by atoms with Crippen molar-refractivity contribution in [2.24, 2.45) is 0 Å². The van der Waals surface area contributed by atoms with E-state index in [0.29, 0.717) is 19.7 Å². The first-order valence-electron chi connectivity index (χ1n) is 9.57. The van der Waals surface area contributed by atoms with E-state index in [2.05, 4.69) is 10.2 Å². The highest BCUT2D eigenvalue weighted by molar-refractivity contribution is 6.01. The molecule has 0 bridgehead atoms. The van der Waals surface area contributed by atoms with Crippen LogP contribution in [0.15, 0.2) is 48.5 Å². The Morgan fingerprint density at radius 1 is 1.18 bits per heavy atom. The average molecular weight is 379 g/mol. The van der Waals surface area contributed by atoms with Gasteiger partial charge in [0.25, 0.3) is 0 Å². The molecule has 0 fully saturated rings. The lowest BCUT2D eigenvalue weighted by molar-refractivity contribution is -0.138. The minimum atomic E-state index is -0.472. The number of para-hydroxylation sites is 2. The fraction of sp³-hybridized carbons (Fsp3) is 0.364. The van der Waals surface area contributed by atoms with E-state index < -0.39 is 5.92 Å². The van der Waals surface area contributed by atoms with Gasteiger partial charge in [0.15, 0.2) is 0 Å². The number of carbonyl (C=O) groups is 2. The van der Waals surface area contributed by atoms with Crippen LogP contribution in [0.4, 0.5) is 5.69 Å². The summed E-state index contributed by atoms with van der Waals surface area (Å²) in [5.41, 5.74) is 2.60. The van der Waals surface area contributed by atoms with Crippen LogP contribution in [-0.2, 0) is 16.1 Å². The summed E-state index contributed by atoms with van der Waals surface area (Å²) in [6.07, 6.45) is 0.170. The van der Waals surface area contributed by atoms with E-state index in [1.165, 1.54) is 0 Å². The Labute approximate surface area is 165 Å². The highest BCUT2D eigenvalue weighted by Crippen LogP contribution is 2.35. The van der Waals surface area contributed by atoms with Gasteiger partial charge in [-0.2, -0.15) is 0 Å². The normalized spacial score (nSPS) is 21.2. The summed E-state index contributed by atoms with van der Waals surface area (Å²) in [7, 11) is 3.98. The molecule has 6 heteroatoms. The lowest BCUT2D eigenvalue weighted by atomic mass is 9.88. The summed E-state index contributed by atoms with van der Waals surface area (Å²) in [5.74, 6) is 0.213. The highest BCUT2D eigenvalue weighted by Gasteiger charge is 2.37. The number of fused-ring (bicyclic) bond motifs is 2. The molecule has 146 valence electrons. The van der Waals surface area contributed by atoms with Crippen LogP contribution >= 0.6 is 0 Å². The zero-order valence-corrected chi connectivity index (χ0v) is 16.2. The maximum absolute atomic E-state index is 13.7. The van der Waals surface area contributed by atoms with Gasteiger partial charge >= 0.3 is 0 Å². The lowest BCUT2D eigenvalue weighted by Crippen LogP contribution is -2.49. The monoisotopic (exact) mass is 379 g/mol. The maximum Gasteiger partial charge on any atom is 0.231 e. The third-order valence-electron chi connectivity index (χ3n) is 5.34. The van der Waals surface area contributed by atoms with Crippen LogP contribution in [0.1, 0.15) is 23.5 Å². The molecule has 0 saturated carbocycles. The van der Waals surface area contributed by atoms with Crippen LogP contribution < -0.4 is 10.1 Å². The molecule has 2 heterocycles. The van der Waals surface area contributed by atoms with Crippen molar-refractivity contribution < 1.29 is 14.3 Å². The minimum absolute atomic E-state index is 0.0190. The van der Waals surface area contributed by atoms with E-state index >= 15 is 0 Å². The second-order valence-electron chi connectivity index (χ2n) is 7.69. The van der Waals surface area contributed by atoms with Gasteiger partial charge in [0.05, 0.1) is 12.0 Å². The van der Waals surface area contributed by atoms with Gasteiger partial charge in [-0.1, -0.05) is 36.4 Å². The number of likely N-dealkylation sites (N-methyl/N-ethyl adjacent to an activating group) is 1. The van der Waals surface area contributed by atoms with E-state index in [0.717, 1.165) is 22.6 Å². The van der Waals surface area contributed by atoms with Crippen LogP contribution in [-0.4, -0.2) is 54.9 Å². The quantitative estimate of drug-likeness (QED) is 0.890. The third-order valence-corrected chi connectivity index (χ3v) is 5.34. The Balaban J connectivity index is 1.69. The van der Waals surface area contributed by atoms with Crippen molar-refractivity contribution in [2.75, 3.05) is 32.6 Å². The van der Waals surface area contributed by atoms with Crippen molar-refractivity contribution in [3.05, 3.63) is 59.7 Å². The fourth-order valence-electron chi connectivity index (χ4n) is 4.03. The van der Waals surface area contributed by atoms with E-state index in [4.69, 9.17) is 4.74 Å². The lowest BCUT2D eigenvalue weighted by Gasteiger charge is -2.35. The van der Waals surface area contributed by atoms with E-state index in [-0.39, 0.29) is 24.3 Å². The van der Waals surface area contributed by atoms with Crippen molar-refractivity contribution in [1.29, 1.82) is 0 Å². The molecule has 6 nitrogen and oxygen atoms in total. The third kappa shape index (κ3) is 3.60. The van der Waals surface area contributed by atoms with Gasteiger partial charge in [0.2, 0.25) is 11.8 Å². The minimum Gasteiger partial charge on any atom is -0.491 e. The molecule has 4 rings (SSSR count). The number of nitrogens with one attached hydrogen (secondary N) is 1. The number of ether oxygens (including phenoxy) is 1. The van der Waals surface area contributed by atoms with Gasteiger partial charge in [-0.05, 0) is 31.8 Å². The van der Waals surface area contributed by atoms with Crippen molar-refractivity contribution >= 4 is 17.5 Å². The predicted octanol–water partition coefficient (Wildman–Crippen LogP) is 2.46. The van der Waals surface area contributed by atoms with Gasteiger partial charge in [-0.15, -0.1) is 0 Å². The van der Waals surface area contributed by atoms with Crippen LogP contribution in [0.2, 0.25) is 0 Å². The number of amides is 2. The van der Waals surface area contributed by atoms with Crippen LogP contribution in [0, 0.1) is 0 Å². The zero-order valence-electron chi connectivity index (χ0n) is 16.2. The smallest absolute Gasteiger partial charge is 0.231 e. The van der Waals surface area contributed by atoms with Crippen molar-refractivity contribution in [3.8, 4) is 5.75 Å². The summed E-state index contributed by atoms with van der Waals surface area (Å²) in [6.45, 7) is 1.61. The first-order valence-corrected chi connectivity index (χ1v) is 9.57. The standard InChI is InChI=1S/C22H25N3O3/c1-24(2)13-16-14-28-20-10-6-3-7-15(20)12-25(16)22(27)18-11-21(26)23-19-9-5-4-8-17(18)19/h3-10,16,18H,11-14H2,1-2H3,(H,23,26). The Morgan fingerprint density at radius 2 is 1.93 bits per heavy atom. The predicted molar refractivity (Wildman–Crippen MR) is 107 cm³/mol. The van der Waals surface area contributed by atoms with Crippen molar-refractivity contribution in [1.82, 2.24) is 9.80 Å². The second kappa shape index (κ2) is 7.64. The number of nitrogens with zero attached hydrogens (tertiary/aromatic N) is 2. The molecule has 2 aromatic rings. The first-order chi connectivity index (χ1) is 13.5. The molecule has 2 atom stereocenters. The molecule has 0 aromatic heterocycles.